The van der Waals surface area contributed by atoms with E-state index in [-0.39, 0.29) is 26.2 Å². The number of aliphatic carboxylic acids is 2. The molecule has 0 saturated heterocycles. The van der Waals surface area contributed by atoms with Gasteiger partial charge in [-0.3, -0.25) is 9.59 Å². The summed E-state index contributed by atoms with van der Waals surface area (Å²) in [6.45, 7) is 14.7. The summed E-state index contributed by atoms with van der Waals surface area (Å²) >= 11 is 0. The summed E-state index contributed by atoms with van der Waals surface area (Å²) in [5, 5.41) is 14.8. The molecule has 1 aliphatic carbocycles. The molecule has 0 unspecified atom stereocenters. The van der Waals surface area contributed by atoms with E-state index in [2.05, 4.69) is 27.7 Å². The van der Waals surface area contributed by atoms with Crippen LogP contribution in [0.4, 0.5) is 0 Å². The third-order valence-electron chi connectivity index (χ3n) is 3.05. The molecule has 0 bridgehead atoms. The molecule has 1 rings (SSSR count). The first-order valence-corrected chi connectivity index (χ1v) is 9.53. The van der Waals surface area contributed by atoms with Crippen LogP contribution in [-0.2, 0) is 35.8 Å². The Morgan fingerprint density at radius 1 is 0.773 bits per heavy atom. The summed E-state index contributed by atoms with van der Waals surface area (Å²) in [5.41, 5.74) is 1.24. The van der Waals surface area contributed by atoms with Gasteiger partial charge in [-0.2, -0.15) is 0 Å². The molecule has 125 valence electrons. The van der Waals surface area contributed by atoms with Crippen LogP contribution in [0.25, 0.3) is 0 Å². The normalized spacial score (nSPS) is 17.7. The molecule has 3 N–H and O–H groups in total. The van der Waals surface area contributed by atoms with E-state index in [0.717, 1.165) is 13.8 Å². The Morgan fingerprint density at radius 3 is 1.05 bits per heavy atom. The van der Waals surface area contributed by atoms with Gasteiger partial charge < -0.3 is 15.0 Å². The molecule has 0 aliphatic heterocycles. The smallest absolute Gasteiger partial charge is 0.300 e. The van der Waals surface area contributed by atoms with Crippen molar-refractivity contribution < 1.29 is 50.8 Å². The predicted molar refractivity (Wildman–Crippen MR) is 85.2 cm³/mol. The second-order valence-electron chi connectivity index (χ2n) is 5.47. The number of hydrogen-bond donors (Lipinski definition) is 3. The first-order valence-electron chi connectivity index (χ1n) is 6.58. The molecule has 0 aromatic rings. The topological polar surface area (TPSA) is 94.8 Å². The summed E-state index contributed by atoms with van der Waals surface area (Å²) in [5.74, 6) is 3.63. The van der Waals surface area contributed by atoms with Gasteiger partial charge in [-0.1, -0.05) is 27.7 Å². The Bertz CT molecular complexity index is 309. The van der Waals surface area contributed by atoms with Crippen LogP contribution in [0.5, 0.6) is 0 Å². The van der Waals surface area contributed by atoms with Gasteiger partial charge in [-0.05, 0) is 36.8 Å². The van der Waals surface area contributed by atoms with Crippen molar-refractivity contribution in [2.45, 2.75) is 54.6 Å². The van der Waals surface area contributed by atoms with Crippen molar-refractivity contribution in [2.24, 2.45) is 0 Å². The minimum absolute atomic E-state index is 0. The van der Waals surface area contributed by atoms with Crippen molar-refractivity contribution in [2.75, 3.05) is 0 Å². The number of hydrogen-bond acceptors (Lipinski definition) is 3. The average molecular weight is 407 g/mol. The van der Waals surface area contributed by atoms with E-state index in [0.29, 0.717) is 0 Å². The zero-order valence-corrected chi connectivity index (χ0v) is 18.1. The van der Waals surface area contributed by atoms with Crippen LogP contribution in [0, 0.1) is 29.2 Å². The standard InChI is InChI=1S/C11H19OSi.2C2H4O2.Zr/c1-7-8(2)10(4)11(9(7)3)13(5,6)12;2*1-2(3)4;/h12H,1-6H3;2*1H3,(H,3,4);. The van der Waals surface area contributed by atoms with E-state index < -0.39 is 20.3 Å². The fourth-order valence-corrected chi connectivity index (χ4v) is 4.35. The van der Waals surface area contributed by atoms with Gasteiger partial charge in [-0.25, -0.2) is 0 Å². The molecule has 5 nitrogen and oxygen atoms in total. The summed E-state index contributed by atoms with van der Waals surface area (Å²) in [4.78, 5) is 28.1. The van der Waals surface area contributed by atoms with Gasteiger partial charge in [0.15, 0.2) is 8.32 Å². The van der Waals surface area contributed by atoms with Crippen LogP contribution in [0.1, 0.15) is 41.5 Å². The maximum absolute atomic E-state index is 10.1. The van der Waals surface area contributed by atoms with Crippen LogP contribution in [-0.4, -0.2) is 35.3 Å². The van der Waals surface area contributed by atoms with Crippen molar-refractivity contribution in [3.8, 4) is 0 Å². The van der Waals surface area contributed by atoms with Gasteiger partial charge in [0.2, 0.25) is 0 Å². The molecular formula is C15H27O5SiZr. The molecule has 1 saturated carbocycles. The van der Waals surface area contributed by atoms with Gasteiger partial charge in [-0.15, -0.1) is 0 Å². The van der Waals surface area contributed by atoms with Gasteiger partial charge >= 0.3 is 0 Å². The number of carboxylic acid groups (broad SMARTS) is 2. The fraction of sp³-hybridized carbons (Fsp3) is 0.533. The molecule has 22 heavy (non-hydrogen) atoms. The Kier molecular flexibility index (Phi) is 14.1. The first kappa shape index (κ1) is 26.9. The van der Waals surface area contributed by atoms with Crippen molar-refractivity contribution >= 4 is 20.3 Å². The van der Waals surface area contributed by atoms with E-state index in [9.17, 15) is 4.80 Å². The van der Waals surface area contributed by atoms with E-state index in [4.69, 9.17) is 19.8 Å². The largest absolute Gasteiger partial charge is 0.481 e. The first-order chi connectivity index (χ1) is 9.23. The van der Waals surface area contributed by atoms with Crippen LogP contribution >= 0.6 is 0 Å². The Labute approximate surface area is 154 Å². The summed E-state index contributed by atoms with van der Waals surface area (Å²) in [6.07, 6.45) is 0. The van der Waals surface area contributed by atoms with Crippen molar-refractivity contribution in [1.82, 2.24) is 0 Å². The van der Waals surface area contributed by atoms with E-state index in [1.807, 2.05) is 13.1 Å². The monoisotopic (exact) mass is 405 g/mol. The molecule has 5 radical (unpaired) electrons. The number of carboxylic acids is 2. The summed E-state index contributed by atoms with van der Waals surface area (Å²) in [7, 11) is -2.13. The SMILES string of the molecule is CC(=O)O.CC(=O)O.C[C]1[C](C)[C](C)[C]([Si](C)(C)O)[C]1C.[Zr]. The van der Waals surface area contributed by atoms with Crippen LogP contribution in [0.3, 0.4) is 0 Å². The maximum atomic E-state index is 10.1. The molecule has 0 heterocycles. The van der Waals surface area contributed by atoms with Crippen molar-refractivity contribution in [3.63, 3.8) is 0 Å². The molecular weight excluding hydrogens is 379 g/mol. The predicted octanol–water partition coefficient (Wildman–Crippen LogP) is 2.87. The maximum Gasteiger partial charge on any atom is 0.300 e. The van der Waals surface area contributed by atoms with Crippen molar-refractivity contribution in [1.29, 1.82) is 0 Å². The quantitative estimate of drug-likeness (QED) is 0.582. The molecule has 1 aliphatic rings. The molecule has 0 atom stereocenters. The van der Waals surface area contributed by atoms with Gasteiger partial charge in [0, 0.05) is 45.6 Å². The average Bonchev–Trinajstić information content (AvgIpc) is 2.40. The minimum Gasteiger partial charge on any atom is -0.481 e. The van der Waals surface area contributed by atoms with Crippen LogP contribution in [0.2, 0.25) is 13.1 Å². The number of carbonyl (C=O) groups is 2. The zero-order chi connectivity index (χ0) is 17.5. The van der Waals surface area contributed by atoms with Gasteiger partial charge in [0.25, 0.3) is 11.9 Å². The summed E-state index contributed by atoms with van der Waals surface area (Å²) < 4.78 is 0. The molecule has 0 aromatic carbocycles. The molecule has 0 aromatic heterocycles. The van der Waals surface area contributed by atoms with E-state index >= 15 is 0 Å². The summed E-state index contributed by atoms with van der Waals surface area (Å²) in [6, 6.07) is 0. The third kappa shape index (κ3) is 10.7. The second-order valence-corrected chi connectivity index (χ2v) is 9.09. The molecule has 7 heteroatoms. The Morgan fingerprint density at radius 2 is 0.955 bits per heavy atom. The Hall–Kier alpha value is -0.000000000000000222. The fourth-order valence-electron chi connectivity index (χ4n) is 2.14. The second kappa shape index (κ2) is 11.5. The third-order valence-corrected chi connectivity index (χ3v) is 5.02. The minimum atomic E-state index is -2.13. The molecule has 1 fully saturated rings. The van der Waals surface area contributed by atoms with Crippen LogP contribution in [0.15, 0.2) is 0 Å². The zero-order valence-electron chi connectivity index (χ0n) is 14.7. The van der Waals surface area contributed by atoms with Gasteiger partial charge in [0.05, 0.1) is 0 Å². The van der Waals surface area contributed by atoms with E-state index in [1.165, 1.54) is 29.2 Å². The number of rotatable bonds is 1. The molecule has 0 spiro atoms. The molecule has 0 amide bonds. The van der Waals surface area contributed by atoms with Crippen molar-refractivity contribution in [3.05, 3.63) is 29.2 Å². The van der Waals surface area contributed by atoms with Gasteiger partial charge in [0.1, 0.15) is 0 Å². The van der Waals surface area contributed by atoms with Crippen LogP contribution < -0.4 is 0 Å². The Balaban J connectivity index is -0.000000338. The van der Waals surface area contributed by atoms with E-state index in [1.54, 1.807) is 0 Å².